The van der Waals surface area contributed by atoms with Crippen LogP contribution in [0.25, 0.3) is 0 Å². The predicted octanol–water partition coefficient (Wildman–Crippen LogP) is -0.331. The molecule has 0 unspecified atom stereocenters. The summed E-state index contributed by atoms with van der Waals surface area (Å²) >= 11 is 0. The normalized spacial score (nSPS) is 21.5. The minimum absolute atomic E-state index is 0.0458. The third-order valence-corrected chi connectivity index (χ3v) is 4.68. The summed E-state index contributed by atoms with van der Waals surface area (Å²) in [5.74, 6) is 0.450. The monoisotopic (exact) mass is 309 g/mol. The molecule has 0 N–H and O–H groups in total. The smallest absolute Gasteiger partial charge is 0.330 e. The molecule has 2 fully saturated rings. The van der Waals surface area contributed by atoms with E-state index in [0.29, 0.717) is 25.7 Å². The SMILES string of the molecule is Cn1c(CN2CCC(C3OCCO3)CC2)cc(=O)n(C)c1=O. The Balaban J connectivity index is 1.63. The van der Waals surface area contributed by atoms with Crippen LogP contribution in [0.1, 0.15) is 18.5 Å². The molecule has 0 saturated carbocycles. The molecule has 3 rings (SSSR count). The summed E-state index contributed by atoms with van der Waals surface area (Å²) in [5.41, 5.74) is 0.241. The summed E-state index contributed by atoms with van der Waals surface area (Å²) in [7, 11) is 3.21. The molecule has 0 radical (unpaired) electrons. The van der Waals surface area contributed by atoms with E-state index in [1.165, 1.54) is 7.05 Å². The van der Waals surface area contributed by atoms with E-state index in [2.05, 4.69) is 4.90 Å². The second-order valence-corrected chi connectivity index (χ2v) is 6.10. The van der Waals surface area contributed by atoms with Crippen LogP contribution in [0.2, 0.25) is 0 Å². The summed E-state index contributed by atoms with van der Waals surface area (Å²) < 4.78 is 13.8. The third kappa shape index (κ3) is 3.02. The maximum absolute atomic E-state index is 12.0. The second-order valence-electron chi connectivity index (χ2n) is 6.10. The first-order chi connectivity index (χ1) is 10.6. The highest BCUT2D eigenvalue weighted by atomic mass is 16.7. The molecule has 0 atom stereocenters. The van der Waals surface area contributed by atoms with Gasteiger partial charge in [0.05, 0.1) is 13.2 Å². The highest BCUT2D eigenvalue weighted by Crippen LogP contribution is 2.26. The molecule has 7 heteroatoms. The van der Waals surface area contributed by atoms with Gasteiger partial charge >= 0.3 is 5.69 Å². The largest absolute Gasteiger partial charge is 0.350 e. The highest BCUT2D eigenvalue weighted by molar-refractivity contribution is 5.02. The van der Waals surface area contributed by atoms with Gasteiger partial charge in [0.15, 0.2) is 6.29 Å². The molecule has 0 aromatic carbocycles. The van der Waals surface area contributed by atoms with E-state index in [1.54, 1.807) is 17.7 Å². The molecule has 0 bridgehead atoms. The Bertz CT molecular complexity index is 637. The number of rotatable bonds is 3. The minimum atomic E-state index is -0.273. The molecule has 0 aliphatic carbocycles. The van der Waals surface area contributed by atoms with Crippen molar-refractivity contribution < 1.29 is 9.47 Å². The molecule has 3 heterocycles. The summed E-state index contributed by atoms with van der Waals surface area (Å²) in [6.45, 7) is 3.87. The van der Waals surface area contributed by atoms with E-state index in [4.69, 9.17) is 9.47 Å². The van der Waals surface area contributed by atoms with Crippen molar-refractivity contribution in [1.82, 2.24) is 14.0 Å². The standard InChI is InChI=1S/C15H23N3O4/c1-16-12(9-13(19)17(2)15(16)20)10-18-5-3-11(4-6-18)14-21-7-8-22-14/h9,11,14H,3-8,10H2,1-2H3. The van der Waals surface area contributed by atoms with E-state index < -0.39 is 0 Å². The van der Waals surface area contributed by atoms with Crippen molar-refractivity contribution in [3.63, 3.8) is 0 Å². The van der Waals surface area contributed by atoms with Gasteiger partial charge in [0.1, 0.15) is 0 Å². The maximum atomic E-state index is 12.0. The van der Waals surface area contributed by atoms with Gasteiger partial charge in [-0.1, -0.05) is 0 Å². The van der Waals surface area contributed by atoms with Crippen LogP contribution in [0.15, 0.2) is 15.7 Å². The average Bonchev–Trinajstić information content (AvgIpc) is 3.05. The first-order valence-corrected chi connectivity index (χ1v) is 7.78. The third-order valence-electron chi connectivity index (χ3n) is 4.68. The molecule has 122 valence electrons. The van der Waals surface area contributed by atoms with E-state index in [9.17, 15) is 9.59 Å². The maximum Gasteiger partial charge on any atom is 0.330 e. The van der Waals surface area contributed by atoms with Crippen LogP contribution in [-0.4, -0.2) is 46.6 Å². The summed E-state index contributed by atoms with van der Waals surface area (Å²) in [4.78, 5) is 26.0. The van der Waals surface area contributed by atoms with Crippen LogP contribution in [0, 0.1) is 5.92 Å². The molecule has 1 aromatic heterocycles. The topological polar surface area (TPSA) is 65.7 Å². The number of hydrogen-bond donors (Lipinski definition) is 0. The van der Waals surface area contributed by atoms with Gasteiger partial charge in [0, 0.05) is 38.3 Å². The fourth-order valence-corrected chi connectivity index (χ4v) is 3.19. The van der Waals surface area contributed by atoms with Crippen LogP contribution < -0.4 is 11.2 Å². The fraction of sp³-hybridized carbons (Fsp3) is 0.733. The van der Waals surface area contributed by atoms with Crippen molar-refractivity contribution in [3.8, 4) is 0 Å². The van der Waals surface area contributed by atoms with E-state index in [0.717, 1.165) is 36.2 Å². The van der Waals surface area contributed by atoms with Gasteiger partial charge in [0.2, 0.25) is 0 Å². The summed E-state index contributed by atoms with van der Waals surface area (Å²) in [6, 6.07) is 1.55. The van der Waals surface area contributed by atoms with Gasteiger partial charge in [-0.25, -0.2) is 4.79 Å². The average molecular weight is 309 g/mol. The lowest BCUT2D eigenvalue weighted by Gasteiger charge is -2.34. The Kier molecular flexibility index (Phi) is 4.46. The lowest BCUT2D eigenvalue weighted by Crippen LogP contribution is -2.42. The molecule has 1 aromatic rings. The van der Waals surface area contributed by atoms with Crippen molar-refractivity contribution in [2.24, 2.45) is 20.0 Å². The first kappa shape index (κ1) is 15.5. The molecule has 2 aliphatic rings. The highest BCUT2D eigenvalue weighted by Gasteiger charge is 2.30. The number of hydrogen-bond acceptors (Lipinski definition) is 5. The van der Waals surface area contributed by atoms with Crippen molar-refractivity contribution >= 4 is 0 Å². The van der Waals surface area contributed by atoms with Gasteiger partial charge in [-0.05, 0) is 25.9 Å². The van der Waals surface area contributed by atoms with Gasteiger partial charge in [0.25, 0.3) is 5.56 Å². The van der Waals surface area contributed by atoms with Crippen LogP contribution in [0.5, 0.6) is 0 Å². The van der Waals surface area contributed by atoms with Crippen LogP contribution in [0.4, 0.5) is 0 Å². The quantitative estimate of drug-likeness (QED) is 0.765. The van der Waals surface area contributed by atoms with Crippen molar-refractivity contribution in [2.75, 3.05) is 26.3 Å². The zero-order chi connectivity index (χ0) is 15.7. The minimum Gasteiger partial charge on any atom is -0.350 e. The number of piperidine rings is 1. The van der Waals surface area contributed by atoms with E-state index >= 15 is 0 Å². The molecule has 7 nitrogen and oxygen atoms in total. The number of aromatic nitrogens is 2. The van der Waals surface area contributed by atoms with Crippen molar-refractivity contribution in [1.29, 1.82) is 0 Å². The van der Waals surface area contributed by atoms with Crippen LogP contribution >= 0.6 is 0 Å². The van der Waals surface area contributed by atoms with Gasteiger partial charge in [-0.15, -0.1) is 0 Å². The van der Waals surface area contributed by atoms with E-state index in [1.807, 2.05) is 0 Å². The Labute approximate surface area is 129 Å². The van der Waals surface area contributed by atoms with Crippen molar-refractivity contribution in [2.45, 2.75) is 25.7 Å². The van der Waals surface area contributed by atoms with Gasteiger partial charge < -0.3 is 9.47 Å². The van der Waals surface area contributed by atoms with Crippen LogP contribution in [-0.2, 0) is 30.1 Å². The number of ether oxygens (including phenoxy) is 2. The fourth-order valence-electron chi connectivity index (χ4n) is 3.19. The predicted molar refractivity (Wildman–Crippen MR) is 80.6 cm³/mol. The summed E-state index contributed by atoms with van der Waals surface area (Å²) in [6.07, 6.45) is 1.99. The van der Waals surface area contributed by atoms with E-state index in [-0.39, 0.29) is 17.5 Å². The molecule has 22 heavy (non-hydrogen) atoms. The Morgan fingerprint density at radius 2 is 1.73 bits per heavy atom. The molecule has 2 aliphatic heterocycles. The molecule has 0 spiro atoms. The Morgan fingerprint density at radius 1 is 1.09 bits per heavy atom. The molecule has 0 amide bonds. The summed E-state index contributed by atoms with van der Waals surface area (Å²) in [5, 5.41) is 0. The molecular formula is C15H23N3O4. The Morgan fingerprint density at radius 3 is 2.36 bits per heavy atom. The second kappa shape index (κ2) is 6.36. The zero-order valence-corrected chi connectivity index (χ0v) is 13.2. The molecule has 2 saturated heterocycles. The van der Waals surface area contributed by atoms with Crippen LogP contribution in [0.3, 0.4) is 0 Å². The van der Waals surface area contributed by atoms with Crippen molar-refractivity contribution in [3.05, 3.63) is 32.6 Å². The first-order valence-electron chi connectivity index (χ1n) is 7.78. The van der Waals surface area contributed by atoms with Gasteiger partial charge in [-0.2, -0.15) is 0 Å². The lowest BCUT2D eigenvalue weighted by molar-refractivity contribution is -0.0978. The zero-order valence-electron chi connectivity index (χ0n) is 13.2. The lowest BCUT2D eigenvalue weighted by atomic mass is 9.96. The Hall–Kier alpha value is -1.44. The number of nitrogens with zero attached hydrogens (tertiary/aromatic N) is 3. The number of likely N-dealkylation sites (tertiary alicyclic amines) is 1. The molecular weight excluding hydrogens is 286 g/mol. The van der Waals surface area contributed by atoms with Gasteiger partial charge in [-0.3, -0.25) is 18.8 Å².